The third-order valence-electron chi connectivity index (χ3n) is 4.58. The van der Waals surface area contributed by atoms with Gasteiger partial charge in [-0.05, 0) is 19.1 Å². The fourth-order valence-electron chi connectivity index (χ4n) is 3.18. The molecule has 1 amide bonds. The SMILES string of the molecule is CCc1onc(C)c1-c1cccc(C2CN(C(=O)CCC(=O)O)CCO2)n1. The lowest BCUT2D eigenvalue weighted by Crippen LogP contribution is -2.42. The van der Waals surface area contributed by atoms with Gasteiger partial charge in [-0.1, -0.05) is 18.1 Å². The summed E-state index contributed by atoms with van der Waals surface area (Å²) in [5.74, 6) is -0.365. The Balaban J connectivity index is 1.77. The van der Waals surface area contributed by atoms with E-state index in [0.29, 0.717) is 26.1 Å². The Bertz CT molecular complexity index is 833. The van der Waals surface area contributed by atoms with Gasteiger partial charge < -0.3 is 19.3 Å². The van der Waals surface area contributed by atoms with Crippen LogP contribution in [0.25, 0.3) is 11.3 Å². The fraction of sp³-hybridized carbons (Fsp3) is 0.474. The van der Waals surface area contributed by atoms with Crippen molar-refractivity contribution in [2.45, 2.75) is 39.2 Å². The highest BCUT2D eigenvalue weighted by molar-refractivity contribution is 5.80. The average Bonchev–Trinajstić information content (AvgIpc) is 3.07. The minimum Gasteiger partial charge on any atom is -0.481 e. The standard InChI is InChI=1S/C19H23N3O5/c1-3-15-19(12(2)21-27-15)14-6-4-5-13(20-14)16-11-22(9-10-26-16)17(23)7-8-18(24)25/h4-6,16H,3,7-11H2,1-2H3,(H,24,25). The molecule has 8 nitrogen and oxygen atoms in total. The number of morpholine rings is 1. The number of amides is 1. The Morgan fingerprint density at radius 2 is 2.15 bits per heavy atom. The van der Waals surface area contributed by atoms with Crippen molar-refractivity contribution in [1.29, 1.82) is 0 Å². The maximum absolute atomic E-state index is 12.2. The molecule has 0 radical (unpaired) electrons. The van der Waals surface area contributed by atoms with E-state index in [-0.39, 0.29) is 24.9 Å². The zero-order valence-corrected chi connectivity index (χ0v) is 15.5. The molecule has 0 aliphatic carbocycles. The van der Waals surface area contributed by atoms with Crippen molar-refractivity contribution in [1.82, 2.24) is 15.0 Å². The number of ether oxygens (including phenoxy) is 1. The molecule has 27 heavy (non-hydrogen) atoms. The van der Waals surface area contributed by atoms with E-state index in [0.717, 1.165) is 28.4 Å². The van der Waals surface area contributed by atoms with Crippen LogP contribution in [-0.2, 0) is 20.7 Å². The number of rotatable bonds is 6. The lowest BCUT2D eigenvalue weighted by atomic mass is 10.1. The van der Waals surface area contributed by atoms with Gasteiger partial charge in [0.05, 0.1) is 42.2 Å². The second kappa shape index (κ2) is 8.30. The average molecular weight is 373 g/mol. The number of aliphatic carboxylic acids is 1. The smallest absolute Gasteiger partial charge is 0.303 e. The Labute approximate surface area is 157 Å². The molecule has 0 bridgehead atoms. The molecule has 0 aromatic carbocycles. The molecule has 144 valence electrons. The number of hydrogen-bond donors (Lipinski definition) is 1. The summed E-state index contributed by atoms with van der Waals surface area (Å²) >= 11 is 0. The van der Waals surface area contributed by atoms with Crippen LogP contribution in [0.4, 0.5) is 0 Å². The van der Waals surface area contributed by atoms with E-state index in [4.69, 9.17) is 19.4 Å². The molecule has 0 saturated carbocycles. The summed E-state index contributed by atoms with van der Waals surface area (Å²) in [5.41, 5.74) is 3.17. The first-order valence-corrected chi connectivity index (χ1v) is 9.03. The summed E-state index contributed by atoms with van der Waals surface area (Å²) in [6.07, 6.45) is 0.197. The summed E-state index contributed by atoms with van der Waals surface area (Å²) < 4.78 is 11.2. The monoisotopic (exact) mass is 373 g/mol. The van der Waals surface area contributed by atoms with Crippen LogP contribution >= 0.6 is 0 Å². The molecule has 8 heteroatoms. The molecule has 1 aliphatic heterocycles. The highest BCUT2D eigenvalue weighted by Crippen LogP contribution is 2.29. The largest absolute Gasteiger partial charge is 0.481 e. The molecule has 1 atom stereocenters. The molecule has 1 saturated heterocycles. The highest BCUT2D eigenvalue weighted by Gasteiger charge is 2.27. The normalized spacial score (nSPS) is 17.1. The van der Waals surface area contributed by atoms with E-state index in [2.05, 4.69) is 5.16 Å². The Morgan fingerprint density at radius 1 is 1.33 bits per heavy atom. The lowest BCUT2D eigenvalue weighted by molar-refractivity contribution is -0.144. The van der Waals surface area contributed by atoms with Crippen molar-refractivity contribution >= 4 is 11.9 Å². The molecule has 2 aromatic heterocycles. The van der Waals surface area contributed by atoms with E-state index in [9.17, 15) is 9.59 Å². The van der Waals surface area contributed by atoms with Gasteiger partial charge in [-0.15, -0.1) is 0 Å². The molecule has 1 N–H and O–H groups in total. The topological polar surface area (TPSA) is 106 Å². The van der Waals surface area contributed by atoms with Gasteiger partial charge >= 0.3 is 5.97 Å². The molecule has 1 fully saturated rings. The third kappa shape index (κ3) is 4.33. The van der Waals surface area contributed by atoms with Crippen LogP contribution in [0.1, 0.15) is 43.0 Å². The Morgan fingerprint density at radius 3 is 2.89 bits per heavy atom. The summed E-state index contributed by atoms with van der Waals surface area (Å²) in [4.78, 5) is 29.3. The molecule has 0 spiro atoms. The second-order valence-electron chi connectivity index (χ2n) is 6.46. The minimum absolute atomic E-state index is 0.00470. The minimum atomic E-state index is -0.974. The van der Waals surface area contributed by atoms with Crippen LogP contribution in [0, 0.1) is 6.92 Å². The molecule has 3 heterocycles. The summed E-state index contributed by atoms with van der Waals surface area (Å²) in [6.45, 7) is 5.09. The van der Waals surface area contributed by atoms with Crippen LogP contribution in [0.2, 0.25) is 0 Å². The lowest BCUT2D eigenvalue weighted by Gasteiger charge is -2.32. The number of carboxylic acid groups (broad SMARTS) is 1. The first-order chi connectivity index (χ1) is 13.0. The first-order valence-electron chi connectivity index (χ1n) is 9.03. The van der Waals surface area contributed by atoms with Gasteiger partial charge in [-0.3, -0.25) is 9.59 Å². The van der Waals surface area contributed by atoms with Crippen LogP contribution in [0.15, 0.2) is 22.7 Å². The maximum atomic E-state index is 12.2. The van der Waals surface area contributed by atoms with Crippen LogP contribution < -0.4 is 0 Å². The van der Waals surface area contributed by atoms with Crippen LogP contribution in [-0.4, -0.2) is 51.7 Å². The van der Waals surface area contributed by atoms with Gasteiger partial charge in [0, 0.05) is 19.4 Å². The van der Waals surface area contributed by atoms with E-state index in [1.807, 2.05) is 32.0 Å². The highest BCUT2D eigenvalue weighted by atomic mass is 16.5. The van der Waals surface area contributed by atoms with Crippen LogP contribution in [0.3, 0.4) is 0 Å². The molecular weight excluding hydrogens is 350 g/mol. The quantitative estimate of drug-likeness (QED) is 0.828. The number of aromatic nitrogens is 2. The number of nitrogens with zero attached hydrogens (tertiary/aromatic N) is 3. The maximum Gasteiger partial charge on any atom is 0.303 e. The molecular formula is C19H23N3O5. The van der Waals surface area contributed by atoms with Crippen molar-refractivity contribution in [3.05, 3.63) is 35.3 Å². The molecule has 1 unspecified atom stereocenters. The van der Waals surface area contributed by atoms with Crippen molar-refractivity contribution in [2.75, 3.05) is 19.7 Å². The third-order valence-corrected chi connectivity index (χ3v) is 4.58. The predicted molar refractivity (Wildman–Crippen MR) is 96.0 cm³/mol. The Hall–Kier alpha value is -2.74. The molecule has 1 aliphatic rings. The number of carboxylic acids is 1. The van der Waals surface area contributed by atoms with E-state index < -0.39 is 5.97 Å². The van der Waals surface area contributed by atoms with Crippen molar-refractivity contribution in [2.24, 2.45) is 0 Å². The van der Waals surface area contributed by atoms with Gasteiger partial charge in [0.1, 0.15) is 11.9 Å². The van der Waals surface area contributed by atoms with E-state index in [1.54, 1.807) is 4.90 Å². The molecule has 3 rings (SSSR count). The number of carbonyl (C=O) groups excluding carboxylic acids is 1. The second-order valence-corrected chi connectivity index (χ2v) is 6.46. The first kappa shape index (κ1) is 19.0. The summed E-state index contributed by atoms with van der Waals surface area (Å²) in [6, 6.07) is 5.67. The Kier molecular flexibility index (Phi) is 5.85. The van der Waals surface area contributed by atoms with Gasteiger partial charge in [0.2, 0.25) is 5.91 Å². The number of aryl methyl sites for hydroxylation is 2. The van der Waals surface area contributed by atoms with E-state index in [1.165, 1.54) is 0 Å². The van der Waals surface area contributed by atoms with Crippen molar-refractivity contribution in [3.8, 4) is 11.3 Å². The van der Waals surface area contributed by atoms with Gasteiger partial charge in [0.25, 0.3) is 0 Å². The number of hydrogen-bond acceptors (Lipinski definition) is 6. The van der Waals surface area contributed by atoms with Gasteiger partial charge in [-0.2, -0.15) is 0 Å². The van der Waals surface area contributed by atoms with Gasteiger partial charge in [-0.25, -0.2) is 4.98 Å². The fourth-order valence-corrected chi connectivity index (χ4v) is 3.18. The summed E-state index contributed by atoms with van der Waals surface area (Å²) in [7, 11) is 0. The zero-order chi connectivity index (χ0) is 19.4. The van der Waals surface area contributed by atoms with Gasteiger partial charge in [0.15, 0.2) is 0 Å². The number of carbonyl (C=O) groups is 2. The molecule has 2 aromatic rings. The summed E-state index contributed by atoms with van der Waals surface area (Å²) in [5, 5.41) is 12.8. The van der Waals surface area contributed by atoms with E-state index >= 15 is 0 Å². The zero-order valence-electron chi connectivity index (χ0n) is 15.5. The van der Waals surface area contributed by atoms with Crippen LogP contribution in [0.5, 0.6) is 0 Å². The number of pyridine rings is 1. The van der Waals surface area contributed by atoms with Crippen molar-refractivity contribution < 1.29 is 24.0 Å². The predicted octanol–water partition coefficient (Wildman–Crippen LogP) is 2.37. The van der Waals surface area contributed by atoms with Crippen molar-refractivity contribution in [3.63, 3.8) is 0 Å².